The van der Waals surface area contributed by atoms with E-state index >= 15 is 0 Å². The number of carbonyl (C=O) groups excluding carboxylic acids is 1. The fourth-order valence-corrected chi connectivity index (χ4v) is 3.64. The first-order chi connectivity index (χ1) is 10.8. The molecule has 1 amide bonds. The van der Waals surface area contributed by atoms with Gasteiger partial charge in [0, 0.05) is 13.1 Å². The number of ether oxygens (including phenoxy) is 1. The van der Waals surface area contributed by atoms with Crippen molar-refractivity contribution in [2.24, 2.45) is 5.92 Å². The van der Waals surface area contributed by atoms with E-state index in [4.69, 9.17) is 4.74 Å². The van der Waals surface area contributed by atoms with Crippen molar-refractivity contribution in [1.29, 1.82) is 0 Å². The first kappa shape index (κ1) is 17.6. The van der Waals surface area contributed by atoms with E-state index in [2.05, 4.69) is 6.92 Å². The number of hydrogen-bond acceptors (Lipinski definition) is 4. The lowest BCUT2D eigenvalue weighted by Gasteiger charge is -2.33. The second-order valence-corrected chi connectivity index (χ2v) is 7.96. The number of carbonyl (C=O) groups is 1. The summed E-state index contributed by atoms with van der Waals surface area (Å²) in [7, 11) is -1.99. The number of methoxy groups -OCH3 is 1. The van der Waals surface area contributed by atoms with Crippen LogP contribution in [0.15, 0.2) is 24.3 Å². The Balaban J connectivity index is 2.17. The van der Waals surface area contributed by atoms with Gasteiger partial charge in [-0.3, -0.25) is 9.10 Å². The van der Waals surface area contributed by atoms with Gasteiger partial charge in [-0.15, -0.1) is 0 Å². The second-order valence-electron chi connectivity index (χ2n) is 6.05. The summed E-state index contributed by atoms with van der Waals surface area (Å²) in [5.41, 5.74) is 0.465. The lowest BCUT2D eigenvalue weighted by Crippen LogP contribution is -2.46. The summed E-state index contributed by atoms with van der Waals surface area (Å²) < 4.78 is 30.4. The third kappa shape index (κ3) is 4.60. The zero-order valence-electron chi connectivity index (χ0n) is 13.9. The average Bonchev–Trinajstić information content (AvgIpc) is 2.51. The number of amides is 1. The summed E-state index contributed by atoms with van der Waals surface area (Å²) in [6.45, 7) is 3.33. The van der Waals surface area contributed by atoms with Crippen LogP contribution in [0, 0.1) is 5.92 Å². The van der Waals surface area contributed by atoms with Crippen LogP contribution in [0.25, 0.3) is 0 Å². The van der Waals surface area contributed by atoms with Crippen LogP contribution in [-0.4, -0.2) is 52.2 Å². The SMILES string of the molecule is COc1ccc(N(CC(=O)N2CCC[C@@H](C)C2)S(C)(=O)=O)cc1. The van der Waals surface area contributed by atoms with Crippen molar-refractivity contribution >= 4 is 21.6 Å². The predicted molar refractivity (Wildman–Crippen MR) is 90.2 cm³/mol. The molecule has 0 spiro atoms. The molecule has 2 rings (SSSR count). The number of benzene rings is 1. The van der Waals surface area contributed by atoms with Gasteiger partial charge in [-0.2, -0.15) is 0 Å². The summed E-state index contributed by atoms with van der Waals surface area (Å²) in [6.07, 6.45) is 3.19. The van der Waals surface area contributed by atoms with Crippen LogP contribution in [0.2, 0.25) is 0 Å². The summed E-state index contributed by atoms with van der Waals surface area (Å²) >= 11 is 0. The van der Waals surface area contributed by atoms with Crippen molar-refractivity contribution in [3.05, 3.63) is 24.3 Å². The molecule has 1 aliphatic heterocycles. The van der Waals surface area contributed by atoms with Gasteiger partial charge in [-0.05, 0) is 43.0 Å². The Kier molecular flexibility index (Phi) is 5.51. The Bertz CT molecular complexity index is 643. The van der Waals surface area contributed by atoms with E-state index in [-0.39, 0.29) is 12.5 Å². The van der Waals surface area contributed by atoms with Crippen LogP contribution in [0.5, 0.6) is 5.75 Å². The molecule has 1 aromatic carbocycles. The molecule has 1 atom stereocenters. The maximum Gasteiger partial charge on any atom is 0.243 e. The Labute approximate surface area is 138 Å². The molecule has 0 aliphatic carbocycles. The molecule has 1 fully saturated rings. The minimum atomic E-state index is -3.54. The monoisotopic (exact) mass is 340 g/mol. The lowest BCUT2D eigenvalue weighted by atomic mass is 10.0. The zero-order chi connectivity index (χ0) is 17.0. The number of sulfonamides is 1. The van der Waals surface area contributed by atoms with Crippen LogP contribution >= 0.6 is 0 Å². The molecule has 1 saturated heterocycles. The molecule has 23 heavy (non-hydrogen) atoms. The first-order valence-electron chi connectivity index (χ1n) is 7.71. The number of hydrogen-bond donors (Lipinski definition) is 0. The normalized spacial score (nSPS) is 18.6. The third-order valence-electron chi connectivity index (χ3n) is 4.05. The third-order valence-corrected chi connectivity index (χ3v) is 5.19. The van der Waals surface area contributed by atoms with Crippen molar-refractivity contribution in [3.63, 3.8) is 0 Å². The molecule has 128 valence electrons. The maximum absolute atomic E-state index is 12.5. The topological polar surface area (TPSA) is 66.9 Å². The fourth-order valence-electron chi connectivity index (χ4n) is 2.79. The molecular formula is C16H24N2O4S. The van der Waals surface area contributed by atoms with Crippen LogP contribution in [-0.2, 0) is 14.8 Å². The zero-order valence-corrected chi connectivity index (χ0v) is 14.7. The largest absolute Gasteiger partial charge is 0.497 e. The van der Waals surface area contributed by atoms with E-state index in [9.17, 15) is 13.2 Å². The van der Waals surface area contributed by atoms with Crippen LogP contribution in [0.4, 0.5) is 5.69 Å². The van der Waals surface area contributed by atoms with Gasteiger partial charge in [0.05, 0.1) is 19.1 Å². The maximum atomic E-state index is 12.5. The molecule has 0 saturated carbocycles. The van der Waals surface area contributed by atoms with Gasteiger partial charge >= 0.3 is 0 Å². The molecular weight excluding hydrogens is 316 g/mol. The lowest BCUT2D eigenvalue weighted by molar-refractivity contribution is -0.131. The quantitative estimate of drug-likeness (QED) is 0.818. The molecule has 6 nitrogen and oxygen atoms in total. The Hall–Kier alpha value is -1.76. The van der Waals surface area contributed by atoms with Gasteiger partial charge in [0.1, 0.15) is 12.3 Å². The molecule has 0 aromatic heterocycles. The molecule has 0 bridgehead atoms. The van der Waals surface area contributed by atoms with E-state index in [1.54, 1.807) is 36.3 Å². The number of anilines is 1. The van der Waals surface area contributed by atoms with E-state index in [0.717, 1.165) is 23.4 Å². The second kappa shape index (κ2) is 7.21. The molecule has 1 aromatic rings. The smallest absolute Gasteiger partial charge is 0.243 e. The molecule has 0 radical (unpaired) electrons. The minimum absolute atomic E-state index is 0.155. The van der Waals surface area contributed by atoms with Gasteiger partial charge in [-0.25, -0.2) is 8.42 Å². The van der Waals surface area contributed by atoms with E-state index in [1.165, 1.54) is 0 Å². The van der Waals surface area contributed by atoms with E-state index in [1.807, 2.05) is 0 Å². The van der Waals surface area contributed by atoms with Crippen molar-refractivity contribution < 1.29 is 17.9 Å². The van der Waals surface area contributed by atoms with Crippen LogP contribution in [0.1, 0.15) is 19.8 Å². The fraction of sp³-hybridized carbons (Fsp3) is 0.562. The molecule has 7 heteroatoms. The summed E-state index contributed by atoms with van der Waals surface area (Å²) in [5, 5.41) is 0. The number of rotatable bonds is 5. The van der Waals surface area contributed by atoms with Gasteiger partial charge in [-0.1, -0.05) is 6.92 Å². The van der Waals surface area contributed by atoms with E-state index < -0.39 is 10.0 Å². The average molecular weight is 340 g/mol. The predicted octanol–water partition coefficient (Wildman–Crippen LogP) is 1.72. The Morgan fingerprint density at radius 2 is 2.00 bits per heavy atom. The minimum Gasteiger partial charge on any atom is -0.497 e. The number of likely N-dealkylation sites (tertiary alicyclic amines) is 1. The van der Waals surface area contributed by atoms with Gasteiger partial charge in [0.2, 0.25) is 15.9 Å². The highest BCUT2D eigenvalue weighted by molar-refractivity contribution is 7.92. The number of piperidine rings is 1. The summed E-state index contributed by atoms with van der Waals surface area (Å²) in [4.78, 5) is 14.3. The highest BCUT2D eigenvalue weighted by Crippen LogP contribution is 2.22. The molecule has 0 unspecified atom stereocenters. The molecule has 0 N–H and O–H groups in total. The summed E-state index contributed by atoms with van der Waals surface area (Å²) in [5.74, 6) is 0.941. The van der Waals surface area contributed by atoms with Gasteiger partial charge in [0.15, 0.2) is 0 Å². The van der Waals surface area contributed by atoms with Crippen molar-refractivity contribution in [1.82, 2.24) is 4.90 Å². The van der Waals surface area contributed by atoms with E-state index in [0.29, 0.717) is 30.4 Å². The Morgan fingerprint density at radius 3 is 2.52 bits per heavy atom. The van der Waals surface area contributed by atoms with Crippen LogP contribution in [0.3, 0.4) is 0 Å². The highest BCUT2D eigenvalue weighted by Gasteiger charge is 2.26. The standard InChI is InChI=1S/C16H24N2O4S/c1-13-5-4-10-17(11-13)16(19)12-18(23(3,20)21)14-6-8-15(22-2)9-7-14/h6-9,13H,4-5,10-12H2,1-3H3/t13-/m1/s1. The van der Waals surface area contributed by atoms with Crippen molar-refractivity contribution in [2.75, 3.05) is 37.3 Å². The molecule has 1 heterocycles. The van der Waals surface area contributed by atoms with Crippen molar-refractivity contribution in [2.45, 2.75) is 19.8 Å². The van der Waals surface area contributed by atoms with Gasteiger partial charge in [0.25, 0.3) is 0 Å². The van der Waals surface area contributed by atoms with Gasteiger partial charge < -0.3 is 9.64 Å². The highest BCUT2D eigenvalue weighted by atomic mass is 32.2. The van der Waals surface area contributed by atoms with Crippen molar-refractivity contribution in [3.8, 4) is 5.75 Å². The molecule has 1 aliphatic rings. The first-order valence-corrected chi connectivity index (χ1v) is 9.55. The Morgan fingerprint density at radius 1 is 1.35 bits per heavy atom. The van der Waals surface area contributed by atoms with Crippen LogP contribution < -0.4 is 9.04 Å². The summed E-state index contributed by atoms with van der Waals surface area (Å²) in [6, 6.07) is 6.65. The number of nitrogens with zero attached hydrogens (tertiary/aromatic N) is 2.